The van der Waals surface area contributed by atoms with Crippen LogP contribution in [0.5, 0.6) is 0 Å². The van der Waals surface area contributed by atoms with Crippen molar-refractivity contribution in [3.63, 3.8) is 0 Å². The topological polar surface area (TPSA) is 72.9 Å². The van der Waals surface area contributed by atoms with Crippen LogP contribution in [-0.2, 0) is 19.2 Å². The van der Waals surface area contributed by atoms with Gasteiger partial charge in [0.15, 0.2) is 0 Å². The van der Waals surface area contributed by atoms with Gasteiger partial charge >= 0.3 is 6.16 Å². The van der Waals surface area contributed by atoms with E-state index in [9.17, 15) is 14.4 Å². The van der Waals surface area contributed by atoms with Gasteiger partial charge in [0.05, 0.1) is 0 Å². The number of amides is 2. The van der Waals surface area contributed by atoms with Crippen LogP contribution in [0.25, 0.3) is 0 Å². The summed E-state index contributed by atoms with van der Waals surface area (Å²) < 4.78 is 5.15. The summed E-state index contributed by atoms with van der Waals surface area (Å²) in [5.74, 6) is -1.03. The summed E-state index contributed by atoms with van der Waals surface area (Å²) in [6, 6.07) is 0. The van der Waals surface area contributed by atoms with E-state index in [0.717, 1.165) is 5.57 Å². The molecule has 0 bridgehead atoms. The Morgan fingerprint density at radius 1 is 1.32 bits per heavy atom. The average molecular weight is 265 g/mol. The molecule has 0 aromatic carbocycles. The van der Waals surface area contributed by atoms with Gasteiger partial charge in [-0.05, 0) is 12.5 Å². The summed E-state index contributed by atoms with van der Waals surface area (Å²) in [6.07, 6.45) is 4.27. The number of carbonyl (C=O) groups excluding carboxylic acids is 3. The molecule has 0 N–H and O–H groups in total. The third kappa shape index (κ3) is 2.83. The van der Waals surface area contributed by atoms with Crippen molar-refractivity contribution in [1.82, 2.24) is 5.06 Å². The second kappa shape index (κ2) is 5.26. The largest absolute Gasteiger partial charge is 0.534 e. The Labute approximate surface area is 110 Å². The minimum atomic E-state index is -1.04. The molecule has 1 aliphatic carbocycles. The molecule has 1 aliphatic heterocycles. The normalized spacial score (nSPS) is 26.4. The molecule has 19 heavy (non-hydrogen) atoms. The van der Waals surface area contributed by atoms with Crippen molar-refractivity contribution in [2.75, 3.05) is 0 Å². The highest BCUT2D eigenvalue weighted by Crippen LogP contribution is 2.23. The zero-order valence-electron chi connectivity index (χ0n) is 10.8. The Hall–Kier alpha value is -2.11. The second-order valence-electron chi connectivity index (χ2n) is 4.62. The van der Waals surface area contributed by atoms with Crippen LogP contribution in [-0.4, -0.2) is 29.1 Å². The molecule has 6 nitrogen and oxygen atoms in total. The predicted octanol–water partition coefficient (Wildman–Crippen LogP) is 1.72. The monoisotopic (exact) mass is 265 g/mol. The quantitative estimate of drug-likeness (QED) is 0.561. The number of nitrogens with zero attached hydrogens (tertiary/aromatic N) is 1. The number of hydrogen-bond acceptors (Lipinski definition) is 5. The molecular weight excluding hydrogens is 250 g/mol. The zero-order chi connectivity index (χ0) is 14.0. The molecule has 0 saturated carbocycles. The minimum absolute atomic E-state index is 0.0162. The first-order valence-electron chi connectivity index (χ1n) is 6.08. The SMILES string of the molecule is CC1=CC=CC(C)C1OC(=O)ON1C(=O)CCC1=O. The molecule has 2 aliphatic rings. The summed E-state index contributed by atoms with van der Waals surface area (Å²) in [5.41, 5.74) is 0.881. The first-order chi connectivity index (χ1) is 8.99. The van der Waals surface area contributed by atoms with E-state index in [0.29, 0.717) is 5.06 Å². The van der Waals surface area contributed by atoms with E-state index in [4.69, 9.17) is 4.74 Å². The van der Waals surface area contributed by atoms with Gasteiger partial charge in [0.25, 0.3) is 11.8 Å². The lowest BCUT2D eigenvalue weighted by molar-refractivity contribution is -0.178. The van der Waals surface area contributed by atoms with Gasteiger partial charge in [-0.3, -0.25) is 14.4 Å². The molecule has 2 unspecified atom stereocenters. The van der Waals surface area contributed by atoms with Crippen LogP contribution < -0.4 is 0 Å². The Morgan fingerprint density at radius 2 is 1.95 bits per heavy atom. The Morgan fingerprint density at radius 3 is 2.53 bits per heavy atom. The molecule has 2 atom stereocenters. The molecule has 2 rings (SSSR count). The summed E-state index contributed by atoms with van der Waals surface area (Å²) >= 11 is 0. The fourth-order valence-corrected chi connectivity index (χ4v) is 2.05. The molecule has 0 aromatic rings. The van der Waals surface area contributed by atoms with Crippen molar-refractivity contribution in [1.29, 1.82) is 0 Å². The van der Waals surface area contributed by atoms with Crippen LogP contribution in [0.4, 0.5) is 4.79 Å². The van der Waals surface area contributed by atoms with Gasteiger partial charge in [-0.2, -0.15) is 0 Å². The van der Waals surface area contributed by atoms with Gasteiger partial charge in [-0.15, -0.1) is 0 Å². The van der Waals surface area contributed by atoms with Crippen molar-refractivity contribution in [3.05, 3.63) is 23.8 Å². The highest BCUT2D eigenvalue weighted by Gasteiger charge is 2.34. The number of carbonyl (C=O) groups is 3. The fourth-order valence-electron chi connectivity index (χ4n) is 2.05. The predicted molar refractivity (Wildman–Crippen MR) is 64.5 cm³/mol. The molecular formula is C13H15NO5. The standard InChI is InChI=1S/C13H15NO5/c1-8-4-3-5-9(2)12(8)18-13(17)19-14-10(15)6-7-11(14)16/h3-5,8,12H,6-7H2,1-2H3. The van der Waals surface area contributed by atoms with Gasteiger partial charge < -0.3 is 4.74 Å². The lowest BCUT2D eigenvalue weighted by Gasteiger charge is -2.25. The molecule has 1 heterocycles. The second-order valence-corrected chi connectivity index (χ2v) is 4.62. The number of allylic oxidation sites excluding steroid dienone is 2. The first kappa shape index (κ1) is 13.3. The highest BCUT2D eigenvalue weighted by molar-refractivity contribution is 6.01. The van der Waals surface area contributed by atoms with Crippen LogP contribution in [0.15, 0.2) is 23.8 Å². The molecule has 2 amide bonds. The van der Waals surface area contributed by atoms with E-state index in [1.807, 2.05) is 32.1 Å². The molecule has 6 heteroatoms. The molecule has 0 spiro atoms. The Balaban J connectivity index is 1.95. The minimum Gasteiger partial charge on any atom is -0.424 e. The number of hydrogen-bond donors (Lipinski definition) is 0. The average Bonchev–Trinajstić information content (AvgIpc) is 2.66. The fraction of sp³-hybridized carbons (Fsp3) is 0.462. The van der Waals surface area contributed by atoms with Crippen LogP contribution in [0.2, 0.25) is 0 Å². The molecule has 102 valence electrons. The first-order valence-corrected chi connectivity index (χ1v) is 6.08. The van der Waals surface area contributed by atoms with Crippen molar-refractivity contribution in [2.45, 2.75) is 32.8 Å². The maximum atomic E-state index is 11.6. The van der Waals surface area contributed by atoms with Gasteiger partial charge in [-0.25, -0.2) is 4.79 Å². The maximum absolute atomic E-state index is 11.6. The smallest absolute Gasteiger partial charge is 0.424 e. The van der Waals surface area contributed by atoms with E-state index in [2.05, 4.69) is 4.84 Å². The summed E-state index contributed by atoms with van der Waals surface area (Å²) in [7, 11) is 0. The number of ether oxygens (including phenoxy) is 1. The number of hydroxylamine groups is 2. The van der Waals surface area contributed by atoms with Gasteiger partial charge in [0, 0.05) is 18.8 Å². The number of rotatable bonds is 2. The molecule has 1 saturated heterocycles. The van der Waals surface area contributed by atoms with E-state index in [1.54, 1.807) is 0 Å². The molecule has 1 fully saturated rings. The summed E-state index contributed by atoms with van der Waals surface area (Å²) in [5, 5.41) is 0.477. The third-order valence-corrected chi connectivity index (χ3v) is 3.09. The molecule has 0 radical (unpaired) electrons. The number of imide groups is 1. The van der Waals surface area contributed by atoms with Crippen molar-refractivity contribution >= 4 is 18.0 Å². The lowest BCUT2D eigenvalue weighted by Crippen LogP contribution is -2.35. The summed E-state index contributed by atoms with van der Waals surface area (Å²) in [6.45, 7) is 3.74. The van der Waals surface area contributed by atoms with Crippen LogP contribution in [0, 0.1) is 5.92 Å². The van der Waals surface area contributed by atoms with Crippen molar-refractivity contribution < 1.29 is 24.0 Å². The van der Waals surface area contributed by atoms with Crippen LogP contribution >= 0.6 is 0 Å². The van der Waals surface area contributed by atoms with E-state index >= 15 is 0 Å². The van der Waals surface area contributed by atoms with Crippen molar-refractivity contribution in [2.24, 2.45) is 5.92 Å². The lowest BCUT2D eigenvalue weighted by atomic mass is 9.93. The zero-order valence-corrected chi connectivity index (χ0v) is 10.8. The Bertz CT molecular complexity index is 463. The van der Waals surface area contributed by atoms with Gasteiger partial charge in [0.2, 0.25) is 0 Å². The van der Waals surface area contributed by atoms with Crippen LogP contribution in [0.3, 0.4) is 0 Å². The van der Waals surface area contributed by atoms with E-state index < -0.39 is 24.1 Å². The Kier molecular flexibility index (Phi) is 3.69. The van der Waals surface area contributed by atoms with Gasteiger partial charge in [-0.1, -0.05) is 30.2 Å². The molecule has 0 aromatic heterocycles. The maximum Gasteiger partial charge on any atom is 0.534 e. The van der Waals surface area contributed by atoms with Gasteiger partial charge in [0.1, 0.15) is 6.10 Å². The van der Waals surface area contributed by atoms with Crippen LogP contribution in [0.1, 0.15) is 26.7 Å². The van der Waals surface area contributed by atoms with E-state index in [1.165, 1.54) is 0 Å². The third-order valence-electron chi connectivity index (χ3n) is 3.09. The van der Waals surface area contributed by atoms with Crippen molar-refractivity contribution in [3.8, 4) is 0 Å². The van der Waals surface area contributed by atoms with E-state index in [-0.39, 0.29) is 18.8 Å². The highest BCUT2D eigenvalue weighted by atomic mass is 16.8. The summed E-state index contributed by atoms with van der Waals surface area (Å²) in [4.78, 5) is 38.8.